The number of anilines is 1. The molecular formula is C13H21N3OS. The molecule has 0 unspecified atom stereocenters. The van der Waals surface area contributed by atoms with Crippen molar-refractivity contribution in [3.63, 3.8) is 0 Å². The van der Waals surface area contributed by atoms with E-state index in [1.165, 1.54) is 12.8 Å². The minimum Gasteiger partial charge on any atom is -0.393 e. The smallest absolute Gasteiger partial charge is 0.185 e. The van der Waals surface area contributed by atoms with Gasteiger partial charge < -0.3 is 10.0 Å². The third-order valence-corrected chi connectivity index (χ3v) is 5.02. The molecule has 2 heterocycles. The number of rotatable bonds is 2. The Kier molecular flexibility index (Phi) is 3.82. The van der Waals surface area contributed by atoms with Crippen LogP contribution in [0.4, 0.5) is 5.13 Å². The van der Waals surface area contributed by atoms with Crippen molar-refractivity contribution in [2.24, 2.45) is 0 Å². The van der Waals surface area contributed by atoms with Crippen LogP contribution in [0, 0.1) is 0 Å². The molecule has 1 aliphatic carbocycles. The van der Waals surface area contributed by atoms with Crippen LogP contribution < -0.4 is 4.90 Å². The minimum absolute atomic E-state index is 0.0437. The lowest BCUT2D eigenvalue weighted by molar-refractivity contribution is 0.0711. The monoisotopic (exact) mass is 267 g/mol. The van der Waals surface area contributed by atoms with E-state index in [0.717, 1.165) is 44.2 Å². The number of aliphatic hydroxyl groups is 1. The molecule has 1 aliphatic heterocycles. The van der Waals surface area contributed by atoms with E-state index < -0.39 is 0 Å². The van der Waals surface area contributed by atoms with Gasteiger partial charge in [0.15, 0.2) is 5.13 Å². The van der Waals surface area contributed by atoms with Gasteiger partial charge in [0, 0.05) is 43.8 Å². The fourth-order valence-electron chi connectivity index (χ4n) is 3.07. The molecule has 1 saturated heterocycles. The molecule has 18 heavy (non-hydrogen) atoms. The predicted molar refractivity (Wildman–Crippen MR) is 74.2 cm³/mol. The molecule has 1 aromatic rings. The van der Waals surface area contributed by atoms with Gasteiger partial charge in [-0.3, -0.25) is 4.90 Å². The number of aromatic nitrogens is 1. The van der Waals surface area contributed by atoms with Gasteiger partial charge in [-0.1, -0.05) is 0 Å². The molecule has 0 atom stereocenters. The average molecular weight is 267 g/mol. The van der Waals surface area contributed by atoms with Crippen molar-refractivity contribution < 1.29 is 5.11 Å². The molecule has 0 radical (unpaired) electrons. The second-order valence-electron chi connectivity index (χ2n) is 5.30. The lowest BCUT2D eigenvalue weighted by Gasteiger charge is -2.41. The van der Waals surface area contributed by atoms with E-state index in [9.17, 15) is 5.11 Å². The lowest BCUT2D eigenvalue weighted by atomic mass is 9.91. The maximum Gasteiger partial charge on any atom is 0.185 e. The molecule has 1 N–H and O–H groups in total. The van der Waals surface area contributed by atoms with Crippen molar-refractivity contribution in [1.82, 2.24) is 9.88 Å². The molecular weight excluding hydrogens is 246 g/mol. The summed E-state index contributed by atoms with van der Waals surface area (Å²) in [5, 5.41) is 12.8. The van der Waals surface area contributed by atoms with Crippen molar-refractivity contribution in [2.75, 3.05) is 31.1 Å². The highest BCUT2D eigenvalue weighted by Gasteiger charge is 2.27. The summed E-state index contributed by atoms with van der Waals surface area (Å²) in [5.74, 6) is 0. The summed E-state index contributed by atoms with van der Waals surface area (Å²) in [6, 6.07) is 0.701. The first-order chi connectivity index (χ1) is 8.83. The van der Waals surface area contributed by atoms with Gasteiger partial charge in [-0.05, 0) is 25.7 Å². The topological polar surface area (TPSA) is 39.6 Å². The van der Waals surface area contributed by atoms with Crippen molar-refractivity contribution in [3.8, 4) is 0 Å². The van der Waals surface area contributed by atoms with Crippen molar-refractivity contribution in [2.45, 2.75) is 37.8 Å². The third kappa shape index (κ3) is 2.68. The molecule has 2 fully saturated rings. The maximum atomic E-state index is 9.56. The number of nitrogens with zero attached hydrogens (tertiary/aromatic N) is 3. The van der Waals surface area contributed by atoms with Gasteiger partial charge >= 0.3 is 0 Å². The Morgan fingerprint density at radius 2 is 1.83 bits per heavy atom. The van der Waals surface area contributed by atoms with Gasteiger partial charge in [-0.25, -0.2) is 4.98 Å². The highest BCUT2D eigenvalue weighted by molar-refractivity contribution is 7.13. The normalized spacial score (nSPS) is 30.6. The predicted octanol–water partition coefficient (Wildman–Crippen LogP) is 1.57. The number of thiazole rings is 1. The van der Waals surface area contributed by atoms with E-state index in [0.29, 0.717) is 6.04 Å². The van der Waals surface area contributed by atoms with Crippen LogP contribution in [0.15, 0.2) is 11.6 Å². The number of hydrogen-bond donors (Lipinski definition) is 1. The second kappa shape index (κ2) is 5.55. The largest absolute Gasteiger partial charge is 0.393 e. The molecule has 0 aromatic carbocycles. The van der Waals surface area contributed by atoms with Gasteiger partial charge in [0.2, 0.25) is 0 Å². The minimum atomic E-state index is -0.0437. The standard InChI is InChI=1S/C13H21N3OS/c17-12-3-1-11(2-4-12)15-6-8-16(9-7-15)13-14-5-10-18-13/h5,10-12,17H,1-4,6-9H2. The van der Waals surface area contributed by atoms with Gasteiger partial charge in [0.1, 0.15) is 0 Å². The molecule has 5 heteroatoms. The van der Waals surface area contributed by atoms with Gasteiger partial charge in [-0.15, -0.1) is 11.3 Å². The first-order valence-electron chi connectivity index (χ1n) is 6.89. The molecule has 1 aromatic heterocycles. The van der Waals surface area contributed by atoms with Crippen LogP contribution in [0.2, 0.25) is 0 Å². The van der Waals surface area contributed by atoms with E-state index in [-0.39, 0.29) is 6.10 Å². The fourth-order valence-corrected chi connectivity index (χ4v) is 3.77. The van der Waals surface area contributed by atoms with E-state index in [1.54, 1.807) is 11.3 Å². The van der Waals surface area contributed by atoms with Crippen LogP contribution >= 0.6 is 11.3 Å². The molecule has 100 valence electrons. The Morgan fingerprint density at radius 3 is 2.44 bits per heavy atom. The second-order valence-corrected chi connectivity index (χ2v) is 6.17. The summed E-state index contributed by atoms with van der Waals surface area (Å²) in [7, 11) is 0. The van der Waals surface area contributed by atoms with Crippen LogP contribution in [0.1, 0.15) is 25.7 Å². The number of piperazine rings is 1. The van der Waals surface area contributed by atoms with Crippen LogP contribution in [0.3, 0.4) is 0 Å². The van der Waals surface area contributed by atoms with Crippen molar-refractivity contribution >= 4 is 16.5 Å². The number of hydrogen-bond acceptors (Lipinski definition) is 5. The molecule has 2 aliphatic rings. The zero-order valence-corrected chi connectivity index (χ0v) is 11.5. The Morgan fingerprint density at radius 1 is 1.11 bits per heavy atom. The summed E-state index contributed by atoms with van der Waals surface area (Å²) in [4.78, 5) is 9.38. The van der Waals surface area contributed by atoms with Crippen LogP contribution in [-0.2, 0) is 0 Å². The van der Waals surface area contributed by atoms with Crippen molar-refractivity contribution in [3.05, 3.63) is 11.6 Å². The van der Waals surface area contributed by atoms with Crippen molar-refractivity contribution in [1.29, 1.82) is 0 Å². The van der Waals surface area contributed by atoms with Crippen LogP contribution in [0.25, 0.3) is 0 Å². The van der Waals surface area contributed by atoms with E-state index >= 15 is 0 Å². The molecule has 4 nitrogen and oxygen atoms in total. The Hall–Kier alpha value is -0.650. The van der Waals surface area contributed by atoms with Crippen LogP contribution in [-0.4, -0.2) is 53.3 Å². The first kappa shape index (κ1) is 12.4. The zero-order valence-electron chi connectivity index (χ0n) is 10.7. The maximum absolute atomic E-state index is 9.56. The Labute approximate surface area is 112 Å². The first-order valence-corrected chi connectivity index (χ1v) is 7.77. The number of aliphatic hydroxyl groups excluding tert-OH is 1. The molecule has 0 amide bonds. The summed E-state index contributed by atoms with van der Waals surface area (Å²) in [6.45, 7) is 4.46. The lowest BCUT2D eigenvalue weighted by Crippen LogP contribution is -2.51. The van der Waals surface area contributed by atoms with Gasteiger partial charge in [0.05, 0.1) is 6.10 Å². The summed E-state index contributed by atoms with van der Waals surface area (Å²) < 4.78 is 0. The molecule has 1 saturated carbocycles. The molecule has 3 rings (SSSR count). The fraction of sp³-hybridized carbons (Fsp3) is 0.769. The highest BCUT2D eigenvalue weighted by atomic mass is 32.1. The Balaban J connectivity index is 1.51. The molecule has 0 bridgehead atoms. The van der Waals surface area contributed by atoms with E-state index in [2.05, 4.69) is 14.8 Å². The Bertz CT molecular complexity index is 354. The van der Waals surface area contributed by atoms with E-state index in [4.69, 9.17) is 0 Å². The summed E-state index contributed by atoms with van der Waals surface area (Å²) >= 11 is 1.73. The van der Waals surface area contributed by atoms with Gasteiger partial charge in [0.25, 0.3) is 0 Å². The SMILES string of the molecule is OC1CCC(N2CCN(c3nccs3)CC2)CC1. The zero-order chi connectivity index (χ0) is 12.4. The summed E-state index contributed by atoms with van der Waals surface area (Å²) in [5.41, 5.74) is 0. The third-order valence-electron chi connectivity index (χ3n) is 4.19. The van der Waals surface area contributed by atoms with E-state index in [1.807, 2.05) is 11.6 Å². The van der Waals surface area contributed by atoms with Crippen LogP contribution in [0.5, 0.6) is 0 Å². The molecule has 0 spiro atoms. The summed E-state index contributed by atoms with van der Waals surface area (Å²) in [6.07, 6.45) is 6.14. The quantitative estimate of drug-likeness (QED) is 0.883. The highest BCUT2D eigenvalue weighted by Crippen LogP contribution is 2.25. The van der Waals surface area contributed by atoms with Gasteiger partial charge in [-0.2, -0.15) is 0 Å². The average Bonchev–Trinajstić information content (AvgIpc) is 2.94.